The highest BCUT2D eigenvalue weighted by Gasteiger charge is 2.43. The predicted molar refractivity (Wildman–Crippen MR) is 92.8 cm³/mol. The average molecular weight is 357 g/mol. The molecule has 138 valence electrons. The van der Waals surface area contributed by atoms with Crippen LogP contribution >= 0.6 is 0 Å². The number of carbonyl (C=O) groups is 1. The molecule has 1 amide bonds. The summed E-state index contributed by atoms with van der Waals surface area (Å²) < 4.78 is 16.5. The molecule has 7 heteroatoms. The first-order valence-corrected chi connectivity index (χ1v) is 8.96. The lowest BCUT2D eigenvalue weighted by Gasteiger charge is -2.19. The van der Waals surface area contributed by atoms with E-state index >= 15 is 0 Å². The number of benzene rings is 1. The summed E-state index contributed by atoms with van der Waals surface area (Å²) in [5, 5.41) is 3.81. The van der Waals surface area contributed by atoms with Crippen LogP contribution in [0.3, 0.4) is 0 Å². The molecule has 3 heterocycles. The summed E-state index contributed by atoms with van der Waals surface area (Å²) >= 11 is 0. The molecule has 4 rings (SSSR count). The number of carbonyl (C=O) groups excluding carboxylic acids is 1. The van der Waals surface area contributed by atoms with E-state index in [9.17, 15) is 4.79 Å². The van der Waals surface area contributed by atoms with E-state index in [1.54, 1.807) is 7.11 Å². The minimum Gasteiger partial charge on any atom is -0.497 e. The number of ether oxygens (including phenoxy) is 2. The van der Waals surface area contributed by atoms with Crippen LogP contribution in [0.5, 0.6) is 5.75 Å². The van der Waals surface area contributed by atoms with Crippen molar-refractivity contribution in [1.82, 2.24) is 15.0 Å². The SMILES string of the molecule is COc1cccc(CC(=O)N2C[C@@H]3C[C@@H](Cc4nc(C)no4)O[C@@H]3C2)c1. The van der Waals surface area contributed by atoms with Gasteiger partial charge in [-0.05, 0) is 31.0 Å². The Balaban J connectivity index is 1.30. The third-order valence-electron chi connectivity index (χ3n) is 5.13. The summed E-state index contributed by atoms with van der Waals surface area (Å²) in [6.45, 7) is 3.22. The third-order valence-corrected chi connectivity index (χ3v) is 5.13. The summed E-state index contributed by atoms with van der Waals surface area (Å²) in [7, 11) is 1.63. The highest BCUT2D eigenvalue weighted by molar-refractivity contribution is 5.79. The quantitative estimate of drug-likeness (QED) is 0.812. The minimum absolute atomic E-state index is 0.0977. The number of hydrogen-bond acceptors (Lipinski definition) is 6. The first-order valence-electron chi connectivity index (χ1n) is 8.96. The molecule has 26 heavy (non-hydrogen) atoms. The first kappa shape index (κ1) is 17.0. The molecule has 0 aliphatic carbocycles. The van der Waals surface area contributed by atoms with E-state index in [1.807, 2.05) is 36.1 Å². The number of aromatic nitrogens is 2. The van der Waals surface area contributed by atoms with Gasteiger partial charge in [0.25, 0.3) is 0 Å². The Kier molecular flexibility index (Phi) is 4.63. The molecule has 7 nitrogen and oxygen atoms in total. The van der Waals surface area contributed by atoms with Gasteiger partial charge in [0.2, 0.25) is 11.8 Å². The van der Waals surface area contributed by atoms with E-state index in [2.05, 4.69) is 10.1 Å². The number of methoxy groups -OCH3 is 1. The van der Waals surface area contributed by atoms with Gasteiger partial charge < -0.3 is 18.9 Å². The topological polar surface area (TPSA) is 77.7 Å². The second-order valence-electron chi connectivity index (χ2n) is 7.06. The van der Waals surface area contributed by atoms with E-state index in [1.165, 1.54) is 0 Å². The number of nitrogens with zero attached hydrogens (tertiary/aromatic N) is 3. The van der Waals surface area contributed by atoms with Crippen molar-refractivity contribution in [3.8, 4) is 5.75 Å². The van der Waals surface area contributed by atoms with Crippen LogP contribution in [0.25, 0.3) is 0 Å². The fourth-order valence-electron chi connectivity index (χ4n) is 3.88. The second kappa shape index (κ2) is 7.07. The molecule has 2 aliphatic rings. The standard InChI is InChI=1S/C19H23N3O4/c1-12-20-18(26-21-12)9-16-8-14-10-22(11-17(14)25-16)19(23)7-13-4-3-5-15(6-13)24-2/h3-6,14,16-17H,7-11H2,1-2H3/t14-,16-,17+/m0/s1. The molecule has 0 radical (unpaired) electrons. The van der Waals surface area contributed by atoms with Crippen LogP contribution < -0.4 is 4.74 Å². The highest BCUT2D eigenvalue weighted by Crippen LogP contribution is 2.34. The molecule has 0 saturated carbocycles. The zero-order chi connectivity index (χ0) is 18.1. The molecular formula is C19H23N3O4. The Labute approximate surface area is 152 Å². The van der Waals surface area contributed by atoms with Crippen molar-refractivity contribution < 1.29 is 18.8 Å². The van der Waals surface area contributed by atoms with E-state index in [4.69, 9.17) is 14.0 Å². The molecule has 0 spiro atoms. The van der Waals surface area contributed by atoms with Crippen LogP contribution in [0.1, 0.15) is 23.7 Å². The Morgan fingerprint density at radius 1 is 1.38 bits per heavy atom. The van der Waals surface area contributed by atoms with Crippen LogP contribution in [0.15, 0.2) is 28.8 Å². The number of likely N-dealkylation sites (tertiary alicyclic amines) is 1. The Morgan fingerprint density at radius 3 is 3.00 bits per heavy atom. The van der Waals surface area contributed by atoms with Crippen LogP contribution in [0, 0.1) is 12.8 Å². The monoisotopic (exact) mass is 357 g/mol. The molecular weight excluding hydrogens is 334 g/mol. The maximum atomic E-state index is 12.6. The Morgan fingerprint density at radius 2 is 2.27 bits per heavy atom. The van der Waals surface area contributed by atoms with Gasteiger partial charge in [0, 0.05) is 19.0 Å². The molecule has 2 aliphatic heterocycles. The lowest BCUT2D eigenvalue weighted by atomic mass is 10.0. The van der Waals surface area contributed by atoms with E-state index < -0.39 is 0 Å². The van der Waals surface area contributed by atoms with Crippen molar-refractivity contribution in [1.29, 1.82) is 0 Å². The molecule has 2 aromatic rings. The van der Waals surface area contributed by atoms with Crippen molar-refractivity contribution >= 4 is 5.91 Å². The average Bonchev–Trinajstić information content (AvgIpc) is 3.30. The number of fused-ring (bicyclic) bond motifs is 1. The van der Waals surface area contributed by atoms with Crippen molar-refractivity contribution in [3.05, 3.63) is 41.5 Å². The number of amides is 1. The van der Waals surface area contributed by atoms with Crippen molar-refractivity contribution in [2.75, 3.05) is 20.2 Å². The molecule has 1 aromatic carbocycles. The van der Waals surface area contributed by atoms with Gasteiger partial charge in [-0.1, -0.05) is 17.3 Å². The molecule has 0 N–H and O–H groups in total. The van der Waals surface area contributed by atoms with Gasteiger partial charge in [0.1, 0.15) is 5.75 Å². The first-order chi connectivity index (χ1) is 12.6. The van der Waals surface area contributed by atoms with Crippen molar-refractivity contribution in [3.63, 3.8) is 0 Å². The summed E-state index contributed by atoms with van der Waals surface area (Å²) in [6, 6.07) is 7.66. The number of aryl methyl sites for hydroxylation is 1. The summed E-state index contributed by atoms with van der Waals surface area (Å²) in [5.74, 6) is 2.57. The van der Waals surface area contributed by atoms with Gasteiger partial charge in [-0.2, -0.15) is 4.98 Å². The number of rotatable bonds is 5. The Bertz CT molecular complexity index is 777. The van der Waals surface area contributed by atoms with Gasteiger partial charge in [-0.25, -0.2) is 0 Å². The maximum Gasteiger partial charge on any atom is 0.229 e. The fourth-order valence-corrected chi connectivity index (χ4v) is 3.88. The van der Waals surface area contributed by atoms with Gasteiger partial charge in [-0.15, -0.1) is 0 Å². The zero-order valence-corrected chi connectivity index (χ0v) is 15.1. The summed E-state index contributed by atoms with van der Waals surface area (Å²) in [6.07, 6.45) is 2.17. The maximum absolute atomic E-state index is 12.6. The van der Waals surface area contributed by atoms with Gasteiger partial charge >= 0.3 is 0 Å². The molecule has 2 saturated heterocycles. The zero-order valence-electron chi connectivity index (χ0n) is 15.1. The smallest absolute Gasteiger partial charge is 0.229 e. The molecule has 3 atom stereocenters. The second-order valence-corrected chi connectivity index (χ2v) is 7.06. The molecule has 2 fully saturated rings. The molecule has 1 aromatic heterocycles. The largest absolute Gasteiger partial charge is 0.497 e. The van der Waals surface area contributed by atoms with Gasteiger partial charge in [-0.3, -0.25) is 4.79 Å². The lowest BCUT2D eigenvalue weighted by Crippen LogP contribution is -2.32. The van der Waals surface area contributed by atoms with Gasteiger partial charge in [0.05, 0.1) is 32.2 Å². The van der Waals surface area contributed by atoms with Crippen LogP contribution in [0.4, 0.5) is 0 Å². The fraction of sp³-hybridized carbons (Fsp3) is 0.526. The predicted octanol–water partition coefficient (Wildman–Crippen LogP) is 1.79. The van der Waals surface area contributed by atoms with E-state index in [0.29, 0.717) is 37.0 Å². The third kappa shape index (κ3) is 3.58. The highest BCUT2D eigenvalue weighted by atomic mass is 16.5. The van der Waals surface area contributed by atoms with Crippen LogP contribution in [-0.4, -0.2) is 53.4 Å². The molecule has 0 bridgehead atoms. The van der Waals surface area contributed by atoms with E-state index in [-0.39, 0.29) is 18.1 Å². The van der Waals surface area contributed by atoms with E-state index in [0.717, 1.165) is 24.3 Å². The van der Waals surface area contributed by atoms with Crippen molar-refractivity contribution in [2.24, 2.45) is 5.92 Å². The van der Waals surface area contributed by atoms with Crippen molar-refractivity contribution in [2.45, 2.75) is 38.4 Å². The van der Waals surface area contributed by atoms with Crippen LogP contribution in [-0.2, 0) is 22.4 Å². The Hall–Kier alpha value is -2.41. The summed E-state index contributed by atoms with van der Waals surface area (Å²) in [4.78, 5) is 18.8. The normalized spacial score (nSPS) is 24.7. The van der Waals surface area contributed by atoms with Crippen LogP contribution in [0.2, 0.25) is 0 Å². The lowest BCUT2D eigenvalue weighted by molar-refractivity contribution is -0.130. The van der Waals surface area contributed by atoms with Gasteiger partial charge in [0.15, 0.2) is 5.82 Å². The summed E-state index contributed by atoms with van der Waals surface area (Å²) in [5.41, 5.74) is 0.969. The minimum atomic E-state index is 0.0977. The number of hydrogen-bond donors (Lipinski definition) is 0. The molecule has 0 unspecified atom stereocenters.